The first kappa shape index (κ1) is 19.0. The Morgan fingerprint density at radius 2 is 2.08 bits per heavy atom. The fourth-order valence-corrected chi connectivity index (χ4v) is 3.08. The lowest BCUT2D eigenvalue weighted by molar-refractivity contribution is -0.153. The number of esters is 1. The lowest BCUT2D eigenvalue weighted by atomic mass is 10.2. The summed E-state index contributed by atoms with van der Waals surface area (Å²) in [5, 5.41) is 4.76. The number of hydrogen-bond donors (Lipinski definition) is 1. The predicted octanol–water partition coefficient (Wildman–Crippen LogP) is 3.96. The number of rotatable bonds is 8. The van der Waals surface area contributed by atoms with E-state index in [0.29, 0.717) is 24.3 Å². The summed E-state index contributed by atoms with van der Waals surface area (Å²) in [5.74, 6) is -0.181. The van der Waals surface area contributed by atoms with Crippen molar-refractivity contribution in [1.29, 1.82) is 0 Å². The summed E-state index contributed by atoms with van der Waals surface area (Å²) < 4.78 is 10.4. The van der Waals surface area contributed by atoms with E-state index in [2.05, 4.69) is 5.32 Å². The molecule has 0 radical (unpaired) electrons. The highest BCUT2D eigenvalue weighted by atomic mass is 32.1. The number of anilines is 1. The van der Waals surface area contributed by atoms with E-state index in [-0.39, 0.29) is 11.9 Å². The van der Waals surface area contributed by atoms with Crippen LogP contribution in [0.15, 0.2) is 35.7 Å². The molecule has 0 bridgehead atoms. The lowest BCUT2D eigenvalue weighted by Crippen LogP contribution is -2.30. The number of methoxy groups -OCH3 is 1. The van der Waals surface area contributed by atoms with Gasteiger partial charge in [0.25, 0.3) is 5.91 Å². The molecule has 1 aromatic heterocycles. The minimum Gasteiger partial charge on any atom is -0.495 e. The molecule has 5 nitrogen and oxygen atoms in total. The van der Waals surface area contributed by atoms with Gasteiger partial charge in [0, 0.05) is 11.3 Å². The molecular formula is C19H23NO4S. The maximum atomic E-state index is 12.2. The van der Waals surface area contributed by atoms with Crippen LogP contribution >= 0.6 is 11.3 Å². The molecule has 0 aliphatic rings. The fraction of sp³-hybridized carbons (Fsp3) is 0.368. The van der Waals surface area contributed by atoms with E-state index >= 15 is 0 Å². The molecule has 0 spiro atoms. The van der Waals surface area contributed by atoms with Crippen LogP contribution in [0.2, 0.25) is 0 Å². The summed E-state index contributed by atoms with van der Waals surface area (Å²) in [6.45, 7) is 3.49. The van der Waals surface area contributed by atoms with Crippen molar-refractivity contribution < 1.29 is 19.1 Å². The molecule has 0 aliphatic heterocycles. The van der Waals surface area contributed by atoms with Gasteiger partial charge in [-0.25, -0.2) is 0 Å². The summed E-state index contributed by atoms with van der Waals surface area (Å²) in [4.78, 5) is 25.4. The number of ether oxygens (including phenoxy) is 2. The molecule has 1 amide bonds. The quantitative estimate of drug-likeness (QED) is 0.723. The number of carbonyl (C=O) groups is 2. The number of carbonyl (C=O) groups excluding carboxylic acids is 2. The first-order valence-corrected chi connectivity index (χ1v) is 9.05. The van der Waals surface area contributed by atoms with Crippen molar-refractivity contribution in [2.24, 2.45) is 0 Å². The molecular weight excluding hydrogens is 338 g/mol. The van der Waals surface area contributed by atoms with Gasteiger partial charge in [-0.1, -0.05) is 12.1 Å². The Bertz CT molecular complexity index is 712. The summed E-state index contributed by atoms with van der Waals surface area (Å²) >= 11 is 1.67. The molecule has 0 fully saturated rings. The summed E-state index contributed by atoms with van der Waals surface area (Å²) in [6, 6.07) is 9.52. The van der Waals surface area contributed by atoms with Crippen LogP contribution in [0, 0.1) is 6.92 Å². The van der Waals surface area contributed by atoms with Gasteiger partial charge in [-0.15, -0.1) is 11.3 Å². The Hall–Kier alpha value is -2.34. The summed E-state index contributed by atoms with van der Waals surface area (Å²) in [5.41, 5.74) is 1.56. The second-order valence-corrected chi connectivity index (χ2v) is 6.79. The molecule has 134 valence electrons. The normalized spacial score (nSPS) is 11.6. The van der Waals surface area contributed by atoms with Crippen molar-refractivity contribution in [2.75, 3.05) is 12.4 Å². The van der Waals surface area contributed by atoms with Crippen molar-refractivity contribution >= 4 is 28.9 Å². The highest BCUT2D eigenvalue weighted by Crippen LogP contribution is 2.25. The highest BCUT2D eigenvalue weighted by molar-refractivity contribution is 7.09. The summed E-state index contributed by atoms with van der Waals surface area (Å²) in [7, 11) is 1.54. The Morgan fingerprint density at radius 3 is 2.76 bits per heavy atom. The maximum Gasteiger partial charge on any atom is 0.306 e. The Labute approximate surface area is 152 Å². The molecule has 0 saturated heterocycles. The van der Waals surface area contributed by atoms with E-state index in [1.807, 2.05) is 36.6 Å². The molecule has 1 heterocycles. The Kier molecular flexibility index (Phi) is 7.01. The van der Waals surface area contributed by atoms with Crippen LogP contribution < -0.4 is 10.1 Å². The third-order valence-electron chi connectivity index (χ3n) is 3.67. The largest absolute Gasteiger partial charge is 0.495 e. The van der Waals surface area contributed by atoms with Crippen LogP contribution in [0.1, 0.15) is 30.2 Å². The van der Waals surface area contributed by atoms with E-state index in [0.717, 1.165) is 12.0 Å². The Balaban J connectivity index is 1.81. The molecule has 0 unspecified atom stereocenters. The van der Waals surface area contributed by atoms with Crippen molar-refractivity contribution in [3.63, 3.8) is 0 Å². The van der Waals surface area contributed by atoms with Crippen LogP contribution in [0.5, 0.6) is 5.75 Å². The zero-order valence-electron chi connectivity index (χ0n) is 14.7. The first-order chi connectivity index (χ1) is 12.0. The van der Waals surface area contributed by atoms with Crippen LogP contribution in [0.25, 0.3) is 0 Å². The minimum absolute atomic E-state index is 0.295. The van der Waals surface area contributed by atoms with Gasteiger partial charge in [-0.05, 0) is 55.8 Å². The van der Waals surface area contributed by atoms with E-state index in [1.54, 1.807) is 24.3 Å². The van der Waals surface area contributed by atoms with Crippen molar-refractivity contribution in [3.05, 3.63) is 46.2 Å². The molecule has 0 aliphatic carbocycles. The molecule has 1 atom stereocenters. The number of thiophene rings is 1. The van der Waals surface area contributed by atoms with Crippen LogP contribution in [-0.4, -0.2) is 25.1 Å². The van der Waals surface area contributed by atoms with Gasteiger partial charge >= 0.3 is 5.97 Å². The molecule has 2 aromatic rings. The van der Waals surface area contributed by atoms with Crippen LogP contribution in [0.3, 0.4) is 0 Å². The van der Waals surface area contributed by atoms with Gasteiger partial charge < -0.3 is 14.8 Å². The van der Waals surface area contributed by atoms with Gasteiger partial charge in [0.1, 0.15) is 5.75 Å². The Morgan fingerprint density at radius 1 is 1.28 bits per heavy atom. The first-order valence-electron chi connectivity index (χ1n) is 8.17. The third-order valence-corrected chi connectivity index (χ3v) is 4.61. The van der Waals surface area contributed by atoms with Crippen molar-refractivity contribution in [2.45, 2.75) is 39.2 Å². The number of hydrogen-bond acceptors (Lipinski definition) is 5. The topological polar surface area (TPSA) is 64.6 Å². The van der Waals surface area contributed by atoms with Crippen LogP contribution in [-0.2, 0) is 20.7 Å². The zero-order valence-corrected chi connectivity index (χ0v) is 15.5. The van der Waals surface area contributed by atoms with E-state index in [1.165, 1.54) is 12.0 Å². The zero-order chi connectivity index (χ0) is 18.2. The average Bonchev–Trinajstić information content (AvgIpc) is 3.08. The van der Waals surface area contributed by atoms with Crippen molar-refractivity contribution in [1.82, 2.24) is 0 Å². The second kappa shape index (κ2) is 9.22. The van der Waals surface area contributed by atoms with E-state index in [9.17, 15) is 9.59 Å². The number of benzene rings is 1. The molecule has 0 saturated carbocycles. The molecule has 2 rings (SSSR count). The van der Waals surface area contributed by atoms with Gasteiger partial charge in [0.2, 0.25) is 0 Å². The van der Waals surface area contributed by atoms with Gasteiger partial charge in [-0.3, -0.25) is 9.59 Å². The fourth-order valence-electron chi connectivity index (χ4n) is 2.33. The molecule has 6 heteroatoms. The number of amides is 1. The van der Waals surface area contributed by atoms with Gasteiger partial charge in [0.05, 0.1) is 12.8 Å². The average molecular weight is 361 g/mol. The lowest BCUT2D eigenvalue weighted by Gasteiger charge is -2.15. The van der Waals surface area contributed by atoms with Crippen LogP contribution in [0.4, 0.5) is 5.69 Å². The monoisotopic (exact) mass is 361 g/mol. The molecule has 1 N–H and O–H groups in total. The van der Waals surface area contributed by atoms with E-state index < -0.39 is 6.10 Å². The SMILES string of the molecule is COc1ccc(C)cc1NC(=O)[C@@H](C)OC(=O)CCCc1cccs1. The minimum atomic E-state index is -0.862. The van der Waals surface area contributed by atoms with Crippen molar-refractivity contribution in [3.8, 4) is 5.75 Å². The third kappa shape index (κ3) is 5.90. The number of nitrogens with one attached hydrogen (secondary N) is 1. The predicted molar refractivity (Wildman–Crippen MR) is 99.2 cm³/mol. The smallest absolute Gasteiger partial charge is 0.306 e. The number of aryl methyl sites for hydroxylation is 2. The highest BCUT2D eigenvalue weighted by Gasteiger charge is 2.19. The molecule has 25 heavy (non-hydrogen) atoms. The second-order valence-electron chi connectivity index (χ2n) is 5.76. The molecule has 1 aromatic carbocycles. The standard InChI is InChI=1S/C19H23NO4S/c1-13-9-10-17(23-3)16(12-13)20-19(22)14(2)24-18(21)8-4-6-15-7-5-11-25-15/h5,7,9-12,14H,4,6,8H2,1-3H3,(H,20,22)/t14-/m1/s1. The maximum absolute atomic E-state index is 12.2. The van der Waals surface area contributed by atoms with Gasteiger partial charge in [-0.2, -0.15) is 0 Å². The summed E-state index contributed by atoms with van der Waals surface area (Å²) in [6.07, 6.45) is 0.982. The van der Waals surface area contributed by atoms with Gasteiger partial charge in [0.15, 0.2) is 6.10 Å². The van der Waals surface area contributed by atoms with E-state index in [4.69, 9.17) is 9.47 Å².